The Kier molecular flexibility index (Phi) is 2.39. The molecule has 21 heavy (non-hydrogen) atoms. The van der Waals surface area contributed by atoms with Gasteiger partial charge in [-0.15, -0.1) is 11.8 Å². The molecule has 0 amide bonds. The van der Waals surface area contributed by atoms with Crippen molar-refractivity contribution in [3.8, 4) is 0 Å². The Morgan fingerprint density at radius 1 is 1.14 bits per heavy atom. The van der Waals surface area contributed by atoms with Crippen LogP contribution in [-0.4, -0.2) is 27.5 Å². The smallest absolute Gasteiger partial charge is 0.0985 e. The lowest BCUT2D eigenvalue weighted by atomic mass is 9.88. The Labute approximate surface area is 131 Å². The predicted molar refractivity (Wildman–Crippen MR) is 85.1 cm³/mol. The van der Waals surface area contributed by atoms with Gasteiger partial charge in [-0.1, -0.05) is 18.2 Å². The Bertz CT molecular complexity index is 582. The third-order valence-electron chi connectivity index (χ3n) is 6.29. The van der Waals surface area contributed by atoms with E-state index in [4.69, 9.17) is 4.84 Å². The maximum absolute atomic E-state index is 6.56. The fourth-order valence-electron chi connectivity index (χ4n) is 4.93. The van der Waals surface area contributed by atoms with Gasteiger partial charge in [-0.05, 0) is 58.1 Å². The lowest BCUT2D eigenvalue weighted by Crippen LogP contribution is -2.39. The molecule has 2 spiro atoms. The van der Waals surface area contributed by atoms with Crippen LogP contribution in [0.25, 0.3) is 0 Å². The second-order valence-electron chi connectivity index (χ2n) is 7.94. The normalized spacial score (nSPS) is 41.6. The Balaban J connectivity index is 1.44. The summed E-state index contributed by atoms with van der Waals surface area (Å²) in [6, 6.07) is 11.6. The summed E-state index contributed by atoms with van der Waals surface area (Å²) < 4.78 is 0. The molecule has 0 bridgehead atoms. The quantitative estimate of drug-likeness (QED) is 0.810. The van der Waals surface area contributed by atoms with Gasteiger partial charge in [0.2, 0.25) is 0 Å². The first-order chi connectivity index (χ1) is 10.1. The van der Waals surface area contributed by atoms with E-state index in [9.17, 15) is 0 Å². The van der Waals surface area contributed by atoms with Crippen molar-refractivity contribution in [3.63, 3.8) is 0 Å². The molecule has 0 unspecified atom stereocenters. The molecule has 3 atom stereocenters. The summed E-state index contributed by atoms with van der Waals surface area (Å²) in [6.45, 7) is 4.70. The molecule has 2 aliphatic heterocycles. The minimum atomic E-state index is 0.210. The van der Waals surface area contributed by atoms with Crippen LogP contribution in [-0.2, 0) is 4.84 Å². The van der Waals surface area contributed by atoms with Crippen molar-refractivity contribution in [2.24, 2.45) is 5.41 Å². The minimum Gasteiger partial charge on any atom is -0.291 e. The number of rotatable bonds is 2. The number of hydroxylamine groups is 2. The summed E-state index contributed by atoms with van der Waals surface area (Å²) in [7, 11) is 0. The average Bonchev–Trinajstić information content (AvgIpc) is 3.31. The lowest BCUT2D eigenvalue weighted by Gasteiger charge is -2.29. The number of hydrogen-bond donors (Lipinski definition) is 0. The van der Waals surface area contributed by atoms with Crippen molar-refractivity contribution in [1.29, 1.82) is 0 Å². The third-order valence-corrected chi connectivity index (χ3v) is 7.70. The number of benzene rings is 1. The van der Waals surface area contributed by atoms with Crippen LogP contribution in [0.3, 0.4) is 0 Å². The molecule has 1 aromatic rings. The van der Waals surface area contributed by atoms with Gasteiger partial charge in [0.15, 0.2) is 0 Å². The molecule has 4 aliphatic rings. The molecule has 0 aromatic heterocycles. The van der Waals surface area contributed by atoms with Crippen LogP contribution in [0.2, 0.25) is 0 Å². The van der Waals surface area contributed by atoms with E-state index in [2.05, 4.69) is 61.0 Å². The Hall–Kier alpha value is -0.510. The molecule has 0 radical (unpaired) electrons. The fraction of sp³-hybridized carbons (Fsp3) is 0.667. The molecule has 4 fully saturated rings. The van der Waals surface area contributed by atoms with Crippen LogP contribution in [0.1, 0.15) is 46.0 Å². The first kappa shape index (κ1) is 13.0. The highest BCUT2D eigenvalue weighted by atomic mass is 32.2. The van der Waals surface area contributed by atoms with Gasteiger partial charge in [0, 0.05) is 27.1 Å². The molecule has 112 valence electrons. The average molecular weight is 301 g/mol. The SMILES string of the molecule is CC1(C)CC[C@H]2N1OC1(CC1)[C@@]21C[C@@H]1Sc1ccccc1. The molecular weight excluding hydrogens is 278 g/mol. The van der Waals surface area contributed by atoms with E-state index in [1.54, 1.807) is 0 Å². The lowest BCUT2D eigenvalue weighted by molar-refractivity contribution is -0.207. The first-order valence-electron chi connectivity index (χ1n) is 8.28. The molecule has 1 aromatic carbocycles. The highest BCUT2D eigenvalue weighted by Gasteiger charge is 2.82. The summed E-state index contributed by atoms with van der Waals surface area (Å²) in [5.74, 6) is 0. The standard InChI is InChI=1S/C18H23NOS/c1-16(2)9-8-14-18(17(10-11-17)20-19(14)16)12-15(18)21-13-6-4-3-5-7-13/h3-7,14-15H,8-12H2,1-2H3/t14-,15+,18+/m1/s1. The monoisotopic (exact) mass is 301 g/mol. The molecule has 2 saturated heterocycles. The highest BCUT2D eigenvalue weighted by Crippen LogP contribution is 2.78. The molecular formula is C18H23NOS. The summed E-state index contributed by atoms with van der Waals surface area (Å²) in [5.41, 5.74) is 0.886. The minimum absolute atomic E-state index is 0.210. The Morgan fingerprint density at radius 2 is 1.90 bits per heavy atom. The Morgan fingerprint density at radius 3 is 2.62 bits per heavy atom. The molecule has 5 rings (SSSR count). The van der Waals surface area contributed by atoms with Crippen molar-refractivity contribution in [3.05, 3.63) is 30.3 Å². The maximum atomic E-state index is 6.56. The van der Waals surface area contributed by atoms with E-state index in [1.807, 2.05) is 0 Å². The molecule has 0 N–H and O–H groups in total. The fourth-order valence-corrected chi connectivity index (χ4v) is 6.51. The number of thioether (sulfide) groups is 1. The second kappa shape index (κ2) is 3.87. The summed E-state index contributed by atoms with van der Waals surface area (Å²) in [5, 5.41) is 3.16. The van der Waals surface area contributed by atoms with Gasteiger partial charge in [0.1, 0.15) is 0 Å². The topological polar surface area (TPSA) is 12.5 Å². The van der Waals surface area contributed by atoms with E-state index in [0.29, 0.717) is 11.5 Å². The van der Waals surface area contributed by atoms with Crippen LogP contribution in [0.4, 0.5) is 0 Å². The van der Waals surface area contributed by atoms with Crippen molar-refractivity contribution in [2.45, 2.75) is 73.3 Å². The number of nitrogens with zero attached hydrogens (tertiary/aromatic N) is 1. The van der Waals surface area contributed by atoms with Crippen molar-refractivity contribution in [2.75, 3.05) is 0 Å². The van der Waals surface area contributed by atoms with Crippen molar-refractivity contribution < 1.29 is 4.84 Å². The molecule has 2 heterocycles. The largest absolute Gasteiger partial charge is 0.291 e. The van der Waals surface area contributed by atoms with Gasteiger partial charge < -0.3 is 0 Å². The molecule has 2 aliphatic carbocycles. The van der Waals surface area contributed by atoms with Crippen LogP contribution in [0.15, 0.2) is 35.2 Å². The van der Waals surface area contributed by atoms with E-state index >= 15 is 0 Å². The van der Waals surface area contributed by atoms with Crippen LogP contribution >= 0.6 is 11.8 Å². The number of fused-ring (bicyclic) bond motifs is 3. The number of hydrogen-bond acceptors (Lipinski definition) is 3. The second-order valence-corrected chi connectivity index (χ2v) is 9.22. The zero-order valence-corrected chi connectivity index (χ0v) is 13.7. The van der Waals surface area contributed by atoms with Crippen LogP contribution in [0, 0.1) is 5.41 Å². The maximum Gasteiger partial charge on any atom is 0.0985 e. The molecule has 2 nitrogen and oxygen atoms in total. The van der Waals surface area contributed by atoms with Gasteiger partial charge in [0.25, 0.3) is 0 Å². The van der Waals surface area contributed by atoms with Crippen molar-refractivity contribution in [1.82, 2.24) is 5.06 Å². The summed E-state index contributed by atoms with van der Waals surface area (Å²) in [4.78, 5) is 7.99. The molecule has 3 heteroatoms. The van der Waals surface area contributed by atoms with Gasteiger partial charge in [-0.2, -0.15) is 5.06 Å². The van der Waals surface area contributed by atoms with E-state index in [1.165, 1.54) is 37.0 Å². The van der Waals surface area contributed by atoms with Gasteiger partial charge >= 0.3 is 0 Å². The van der Waals surface area contributed by atoms with E-state index in [0.717, 1.165) is 5.25 Å². The predicted octanol–water partition coefficient (Wildman–Crippen LogP) is 4.26. The summed E-state index contributed by atoms with van der Waals surface area (Å²) in [6.07, 6.45) is 6.51. The highest BCUT2D eigenvalue weighted by molar-refractivity contribution is 8.00. The van der Waals surface area contributed by atoms with Crippen LogP contribution < -0.4 is 0 Å². The zero-order valence-electron chi connectivity index (χ0n) is 12.8. The van der Waals surface area contributed by atoms with Crippen LogP contribution in [0.5, 0.6) is 0 Å². The van der Waals surface area contributed by atoms with E-state index in [-0.39, 0.29) is 11.1 Å². The van der Waals surface area contributed by atoms with Gasteiger partial charge in [-0.3, -0.25) is 4.84 Å². The summed E-state index contributed by atoms with van der Waals surface area (Å²) >= 11 is 2.09. The first-order valence-corrected chi connectivity index (χ1v) is 9.16. The van der Waals surface area contributed by atoms with Gasteiger partial charge in [-0.25, -0.2) is 0 Å². The molecule has 2 saturated carbocycles. The van der Waals surface area contributed by atoms with Crippen molar-refractivity contribution >= 4 is 11.8 Å². The van der Waals surface area contributed by atoms with Gasteiger partial charge in [0.05, 0.1) is 5.60 Å². The zero-order chi connectivity index (χ0) is 14.3. The third kappa shape index (κ3) is 1.58. The van der Waals surface area contributed by atoms with E-state index < -0.39 is 0 Å².